The molecule has 0 spiro atoms. The standard InChI is InChI=1S/C20H23BFNO5/c1-23(12-13-24)15-20(25)28-21(26-2)17-5-9-19(10-6-17)27-14-11-16-3-7-18(22)8-4-16/h3-10,13H,11-12,14-15H2,1-2H3. The molecule has 28 heavy (non-hydrogen) atoms. The molecule has 0 heterocycles. The Morgan fingerprint density at radius 1 is 1.14 bits per heavy atom. The van der Waals surface area contributed by atoms with Crippen LogP contribution in [0.5, 0.6) is 5.75 Å². The molecule has 2 rings (SSSR count). The van der Waals surface area contributed by atoms with E-state index in [-0.39, 0.29) is 18.9 Å². The molecule has 2 aromatic carbocycles. The lowest BCUT2D eigenvalue weighted by molar-refractivity contribution is -0.136. The minimum Gasteiger partial charge on any atom is -0.505 e. The summed E-state index contributed by atoms with van der Waals surface area (Å²) in [6.07, 6.45) is 1.38. The van der Waals surface area contributed by atoms with Crippen LogP contribution in [0.4, 0.5) is 4.39 Å². The van der Waals surface area contributed by atoms with Gasteiger partial charge in [-0.1, -0.05) is 24.3 Å². The van der Waals surface area contributed by atoms with Gasteiger partial charge in [0.15, 0.2) is 0 Å². The van der Waals surface area contributed by atoms with Crippen LogP contribution in [-0.2, 0) is 25.3 Å². The van der Waals surface area contributed by atoms with Crippen LogP contribution >= 0.6 is 0 Å². The summed E-state index contributed by atoms with van der Waals surface area (Å²) in [5.41, 5.74) is 1.66. The van der Waals surface area contributed by atoms with Gasteiger partial charge < -0.3 is 18.8 Å². The van der Waals surface area contributed by atoms with E-state index in [0.717, 1.165) is 11.8 Å². The van der Waals surface area contributed by atoms with E-state index in [1.807, 2.05) is 0 Å². The average Bonchev–Trinajstić information content (AvgIpc) is 2.68. The van der Waals surface area contributed by atoms with Crippen molar-refractivity contribution in [2.75, 3.05) is 33.9 Å². The molecular weight excluding hydrogens is 364 g/mol. The molecule has 0 amide bonds. The lowest BCUT2D eigenvalue weighted by Crippen LogP contribution is -2.40. The number of benzene rings is 2. The largest absolute Gasteiger partial charge is 0.564 e. The predicted octanol–water partition coefficient (Wildman–Crippen LogP) is 1.46. The van der Waals surface area contributed by atoms with Gasteiger partial charge in [0, 0.05) is 13.5 Å². The number of nitrogens with zero attached hydrogens (tertiary/aromatic N) is 1. The van der Waals surface area contributed by atoms with Crippen molar-refractivity contribution in [3.63, 3.8) is 0 Å². The summed E-state index contributed by atoms with van der Waals surface area (Å²) in [6, 6.07) is 13.3. The van der Waals surface area contributed by atoms with Crippen LogP contribution in [0.1, 0.15) is 5.56 Å². The summed E-state index contributed by atoms with van der Waals surface area (Å²) < 4.78 is 29.1. The second kappa shape index (κ2) is 11.2. The van der Waals surface area contributed by atoms with Gasteiger partial charge in [-0.25, -0.2) is 4.39 Å². The zero-order chi connectivity index (χ0) is 20.4. The van der Waals surface area contributed by atoms with Crippen molar-refractivity contribution < 1.29 is 28.0 Å². The molecule has 0 radical (unpaired) electrons. The average molecular weight is 387 g/mol. The van der Waals surface area contributed by atoms with Crippen molar-refractivity contribution in [2.24, 2.45) is 0 Å². The Hall–Kier alpha value is -2.71. The third-order valence-corrected chi connectivity index (χ3v) is 3.96. The van der Waals surface area contributed by atoms with Crippen LogP contribution in [0.15, 0.2) is 48.5 Å². The lowest BCUT2D eigenvalue weighted by Gasteiger charge is -2.16. The van der Waals surface area contributed by atoms with E-state index in [0.29, 0.717) is 24.2 Å². The molecular formula is C20H23BFNO5. The molecule has 0 aliphatic carbocycles. The number of halogens is 1. The van der Waals surface area contributed by atoms with Crippen LogP contribution in [-0.4, -0.2) is 58.1 Å². The number of likely N-dealkylation sites (N-methyl/N-ethyl adjacent to an activating group) is 1. The summed E-state index contributed by atoms with van der Waals surface area (Å²) in [4.78, 5) is 23.9. The zero-order valence-corrected chi connectivity index (χ0v) is 16.0. The molecule has 0 N–H and O–H groups in total. The minimum atomic E-state index is -0.842. The number of ether oxygens (including phenoxy) is 1. The quantitative estimate of drug-likeness (QED) is 0.430. The third kappa shape index (κ3) is 7.13. The van der Waals surface area contributed by atoms with Gasteiger partial charge in [-0.15, -0.1) is 0 Å². The number of rotatable bonds is 11. The molecule has 0 atom stereocenters. The van der Waals surface area contributed by atoms with Gasteiger partial charge in [-0.2, -0.15) is 0 Å². The van der Waals surface area contributed by atoms with Crippen molar-refractivity contribution in [3.8, 4) is 5.75 Å². The SMILES string of the molecule is COB(OC(=O)CN(C)CC=O)c1ccc(OCCc2ccc(F)cc2)cc1. The normalized spacial score (nSPS) is 10.6. The van der Waals surface area contributed by atoms with Gasteiger partial charge in [-0.3, -0.25) is 9.69 Å². The number of carbonyl (C=O) groups excluding carboxylic acids is 2. The monoisotopic (exact) mass is 387 g/mol. The highest BCUT2D eigenvalue weighted by atomic mass is 19.1. The highest BCUT2D eigenvalue weighted by Crippen LogP contribution is 2.10. The maximum atomic E-state index is 12.9. The maximum absolute atomic E-state index is 12.9. The summed E-state index contributed by atoms with van der Waals surface area (Å²) in [6.45, 7) is 0.594. The van der Waals surface area contributed by atoms with E-state index in [4.69, 9.17) is 14.0 Å². The van der Waals surface area contributed by atoms with Gasteiger partial charge in [-0.05, 0) is 42.3 Å². The lowest BCUT2D eigenvalue weighted by atomic mass is 9.79. The Balaban J connectivity index is 1.84. The molecule has 0 unspecified atom stereocenters. The highest BCUT2D eigenvalue weighted by Gasteiger charge is 2.25. The van der Waals surface area contributed by atoms with E-state index < -0.39 is 13.1 Å². The van der Waals surface area contributed by atoms with Crippen LogP contribution < -0.4 is 10.2 Å². The zero-order valence-electron chi connectivity index (χ0n) is 16.0. The van der Waals surface area contributed by atoms with Crippen molar-refractivity contribution >= 4 is 24.8 Å². The molecule has 0 saturated carbocycles. The maximum Gasteiger partial charge on any atom is 0.564 e. The molecule has 0 aromatic heterocycles. The van der Waals surface area contributed by atoms with Crippen LogP contribution in [0.3, 0.4) is 0 Å². The third-order valence-electron chi connectivity index (χ3n) is 3.96. The fourth-order valence-electron chi connectivity index (χ4n) is 2.48. The first kappa shape index (κ1) is 21.6. The summed E-state index contributed by atoms with van der Waals surface area (Å²) >= 11 is 0. The molecule has 148 valence electrons. The van der Waals surface area contributed by atoms with Gasteiger partial charge in [0.05, 0.1) is 19.7 Å². The van der Waals surface area contributed by atoms with Crippen LogP contribution in [0.25, 0.3) is 0 Å². The molecule has 0 bridgehead atoms. The molecule has 8 heteroatoms. The van der Waals surface area contributed by atoms with Gasteiger partial charge in [0.2, 0.25) is 0 Å². The van der Waals surface area contributed by atoms with E-state index in [1.165, 1.54) is 19.2 Å². The van der Waals surface area contributed by atoms with Crippen molar-refractivity contribution in [3.05, 3.63) is 59.9 Å². The number of carbonyl (C=O) groups is 2. The van der Waals surface area contributed by atoms with Crippen molar-refractivity contribution in [1.82, 2.24) is 4.90 Å². The minimum absolute atomic E-state index is 0.0107. The fraction of sp³-hybridized carbons (Fsp3) is 0.300. The van der Waals surface area contributed by atoms with E-state index in [2.05, 4.69) is 0 Å². The summed E-state index contributed by atoms with van der Waals surface area (Å²) in [5.74, 6) is -0.0855. The Bertz CT molecular complexity index is 754. The van der Waals surface area contributed by atoms with Gasteiger partial charge in [0.1, 0.15) is 17.9 Å². The first-order valence-electron chi connectivity index (χ1n) is 8.83. The second-order valence-electron chi connectivity index (χ2n) is 6.21. The van der Waals surface area contributed by atoms with Crippen molar-refractivity contribution in [2.45, 2.75) is 6.42 Å². The number of hydrogen-bond acceptors (Lipinski definition) is 6. The summed E-state index contributed by atoms with van der Waals surface area (Å²) in [5, 5.41) is 0. The Labute approximate surface area is 164 Å². The Kier molecular flexibility index (Phi) is 8.64. The Morgan fingerprint density at radius 3 is 2.43 bits per heavy atom. The highest BCUT2D eigenvalue weighted by molar-refractivity contribution is 6.62. The second-order valence-corrected chi connectivity index (χ2v) is 6.21. The number of aldehydes is 1. The molecule has 0 aliphatic heterocycles. The Morgan fingerprint density at radius 2 is 1.82 bits per heavy atom. The van der Waals surface area contributed by atoms with Crippen LogP contribution in [0.2, 0.25) is 0 Å². The fourth-order valence-corrected chi connectivity index (χ4v) is 2.48. The molecule has 0 saturated heterocycles. The van der Waals surface area contributed by atoms with E-state index in [9.17, 15) is 14.0 Å². The molecule has 2 aromatic rings. The van der Waals surface area contributed by atoms with E-state index in [1.54, 1.807) is 48.3 Å². The predicted molar refractivity (Wildman–Crippen MR) is 104 cm³/mol. The smallest absolute Gasteiger partial charge is 0.505 e. The molecule has 6 nitrogen and oxygen atoms in total. The first-order chi connectivity index (χ1) is 13.5. The van der Waals surface area contributed by atoms with Crippen molar-refractivity contribution in [1.29, 1.82) is 0 Å². The molecule has 0 fully saturated rings. The summed E-state index contributed by atoms with van der Waals surface area (Å²) in [7, 11) is 2.25. The first-order valence-corrected chi connectivity index (χ1v) is 8.83. The number of hydrogen-bond donors (Lipinski definition) is 0. The molecule has 0 aliphatic rings. The van der Waals surface area contributed by atoms with Gasteiger partial charge >= 0.3 is 13.1 Å². The topological polar surface area (TPSA) is 65.1 Å². The van der Waals surface area contributed by atoms with Gasteiger partial charge in [0.25, 0.3) is 0 Å². The van der Waals surface area contributed by atoms with Crippen LogP contribution in [0, 0.1) is 5.82 Å². The van der Waals surface area contributed by atoms with E-state index >= 15 is 0 Å².